The van der Waals surface area contributed by atoms with Crippen LogP contribution in [0.15, 0.2) is 48.5 Å². The Balaban J connectivity index is 0.00000353. The van der Waals surface area contributed by atoms with Crippen molar-refractivity contribution >= 4 is 47.4 Å². The van der Waals surface area contributed by atoms with Gasteiger partial charge in [0.1, 0.15) is 0 Å². The van der Waals surface area contributed by atoms with Crippen molar-refractivity contribution in [1.29, 1.82) is 0 Å². The Morgan fingerprint density at radius 1 is 0.846 bits per heavy atom. The Bertz CT molecular complexity index is 1120. The number of carbonyl (C=O) groups is 2. The molecule has 0 saturated carbocycles. The number of halogens is 3. The quantitative estimate of drug-likeness (QED) is 0.359. The summed E-state index contributed by atoms with van der Waals surface area (Å²) >= 11 is 12.8. The zero-order valence-corrected chi connectivity index (χ0v) is 25.0. The van der Waals surface area contributed by atoms with Gasteiger partial charge < -0.3 is 14.7 Å². The van der Waals surface area contributed by atoms with Crippen LogP contribution in [0.4, 0.5) is 0 Å². The average molecular weight is 593 g/mol. The second-order valence-corrected chi connectivity index (χ2v) is 12.2. The molecule has 5 rings (SSSR count). The largest absolute Gasteiger partial charge is 0.342 e. The van der Waals surface area contributed by atoms with Gasteiger partial charge in [-0.2, -0.15) is 0 Å². The van der Waals surface area contributed by atoms with Crippen LogP contribution in [0.25, 0.3) is 0 Å². The van der Waals surface area contributed by atoms with Gasteiger partial charge >= 0.3 is 0 Å². The molecule has 1 unspecified atom stereocenters. The van der Waals surface area contributed by atoms with Crippen molar-refractivity contribution in [2.45, 2.75) is 56.8 Å². The highest BCUT2D eigenvalue weighted by Gasteiger charge is 2.39. The zero-order chi connectivity index (χ0) is 26.5. The fraction of sp³-hybridized carbons (Fsp3) is 0.548. The molecule has 2 amide bonds. The predicted octanol–water partition coefficient (Wildman–Crippen LogP) is 6.70. The van der Waals surface area contributed by atoms with Gasteiger partial charge in [0, 0.05) is 43.1 Å². The van der Waals surface area contributed by atoms with Crippen molar-refractivity contribution in [3.05, 3.63) is 69.7 Å². The smallest absolute Gasteiger partial charge is 0.253 e. The molecule has 0 aliphatic carbocycles. The Morgan fingerprint density at radius 2 is 1.54 bits per heavy atom. The highest BCUT2D eigenvalue weighted by atomic mass is 35.5. The molecule has 2 aromatic carbocycles. The predicted molar refractivity (Wildman–Crippen MR) is 161 cm³/mol. The van der Waals surface area contributed by atoms with Crippen LogP contribution >= 0.6 is 35.6 Å². The molecule has 3 saturated heterocycles. The Hall–Kier alpha value is -1.79. The van der Waals surface area contributed by atoms with E-state index >= 15 is 0 Å². The third-order valence-corrected chi connectivity index (χ3v) is 9.64. The summed E-state index contributed by atoms with van der Waals surface area (Å²) in [6, 6.07) is 15.6. The van der Waals surface area contributed by atoms with Gasteiger partial charge in [-0.05, 0) is 101 Å². The lowest BCUT2D eigenvalue weighted by atomic mass is 9.71. The van der Waals surface area contributed by atoms with Crippen LogP contribution in [0.5, 0.6) is 0 Å². The molecular formula is C31H40Cl3N3O2. The van der Waals surface area contributed by atoms with Crippen molar-refractivity contribution < 1.29 is 9.59 Å². The van der Waals surface area contributed by atoms with Crippen LogP contribution in [-0.4, -0.2) is 72.3 Å². The van der Waals surface area contributed by atoms with E-state index in [9.17, 15) is 9.59 Å². The van der Waals surface area contributed by atoms with Gasteiger partial charge in [-0.25, -0.2) is 0 Å². The molecule has 0 spiro atoms. The maximum Gasteiger partial charge on any atom is 0.253 e. The molecule has 0 aromatic heterocycles. The summed E-state index contributed by atoms with van der Waals surface area (Å²) in [4.78, 5) is 32.8. The van der Waals surface area contributed by atoms with E-state index in [1.165, 1.54) is 5.56 Å². The first-order valence-corrected chi connectivity index (χ1v) is 15.0. The number of hydrogen-bond acceptors (Lipinski definition) is 3. The number of benzene rings is 2. The van der Waals surface area contributed by atoms with Gasteiger partial charge in [0.15, 0.2) is 0 Å². The first kappa shape index (κ1) is 30.2. The van der Waals surface area contributed by atoms with E-state index < -0.39 is 0 Å². The molecule has 3 heterocycles. The molecule has 39 heavy (non-hydrogen) atoms. The van der Waals surface area contributed by atoms with E-state index in [0.717, 1.165) is 96.2 Å². The van der Waals surface area contributed by atoms with Crippen LogP contribution in [0.3, 0.4) is 0 Å². The van der Waals surface area contributed by atoms with E-state index in [0.29, 0.717) is 22.5 Å². The molecular weight excluding hydrogens is 553 g/mol. The fourth-order valence-electron chi connectivity index (χ4n) is 6.72. The summed E-state index contributed by atoms with van der Waals surface area (Å²) < 4.78 is 0. The van der Waals surface area contributed by atoms with Gasteiger partial charge in [-0.1, -0.05) is 47.5 Å². The van der Waals surface area contributed by atoms with Crippen LogP contribution in [0, 0.1) is 5.92 Å². The van der Waals surface area contributed by atoms with Crippen molar-refractivity contribution in [3.63, 3.8) is 0 Å². The number of rotatable bonds is 7. The normalized spacial score (nSPS) is 22.5. The molecule has 212 valence electrons. The van der Waals surface area contributed by atoms with E-state index in [-0.39, 0.29) is 29.6 Å². The van der Waals surface area contributed by atoms with Crippen molar-refractivity contribution in [2.75, 3.05) is 45.8 Å². The van der Waals surface area contributed by atoms with Crippen LogP contribution in [0.1, 0.15) is 67.3 Å². The average Bonchev–Trinajstić information content (AvgIpc) is 3.50. The van der Waals surface area contributed by atoms with Crippen molar-refractivity contribution in [1.82, 2.24) is 14.7 Å². The first-order valence-electron chi connectivity index (χ1n) is 14.3. The number of hydrogen-bond donors (Lipinski definition) is 0. The molecule has 3 aliphatic rings. The standard InChI is InChI=1S/C31H39Cl2N3O2.ClH/c32-27-11-10-26(22-28(27)33)31(15-7-19-36(23-31)30(38)24-8-2-1-3-9-24)14-6-16-34-20-12-25(13-21-34)29(37)35-17-4-5-18-35;/h1-3,8-11,22,25H,4-7,12-21,23H2;1H. The second kappa shape index (κ2) is 13.7. The SMILES string of the molecule is Cl.O=C(c1ccccc1)N1CCCC(CCCN2CCC(C(=O)N3CCCC3)CC2)(c2ccc(Cl)c(Cl)c2)C1. The molecule has 8 heteroatoms. The molecule has 3 fully saturated rings. The maximum atomic E-state index is 13.4. The lowest BCUT2D eigenvalue weighted by molar-refractivity contribution is -0.136. The Kier molecular flexibility index (Phi) is 10.6. The summed E-state index contributed by atoms with van der Waals surface area (Å²) in [5.41, 5.74) is 1.76. The second-order valence-electron chi connectivity index (χ2n) is 11.4. The van der Waals surface area contributed by atoms with Gasteiger partial charge in [-0.3, -0.25) is 9.59 Å². The molecule has 5 nitrogen and oxygen atoms in total. The molecule has 0 N–H and O–H groups in total. The topological polar surface area (TPSA) is 43.9 Å². The number of piperidine rings is 2. The number of carbonyl (C=O) groups excluding carboxylic acids is 2. The fourth-order valence-corrected chi connectivity index (χ4v) is 7.02. The molecule has 0 radical (unpaired) electrons. The minimum atomic E-state index is -0.152. The Labute approximate surface area is 249 Å². The number of amides is 2. The summed E-state index contributed by atoms with van der Waals surface area (Å²) in [5.74, 6) is 0.674. The van der Waals surface area contributed by atoms with E-state index in [1.807, 2.05) is 47.4 Å². The molecule has 3 aliphatic heterocycles. The maximum absolute atomic E-state index is 13.4. The van der Waals surface area contributed by atoms with Crippen LogP contribution in [0.2, 0.25) is 10.0 Å². The van der Waals surface area contributed by atoms with Gasteiger partial charge in [0.25, 0.3) is 5.91 Å². The third kappa shape index (κ3) is 7.11. The zero-order valence-electron chi connectivity index (χ0n) is 22.6. The van der Waals surface area contributed by atoms with Gasteiger partial charge in [0.2, 0.25) is 5.91 Å². The lowest BCUT2D eigenvalue weighted by Crippen LogP contribution is -2.49. The summed E-state index contributed by atoms with van der Waals surface area (Å²) in [6.07, 6.45) is 8.24. The van der Waals surface area contributed by atoms with Crippen molar-refractivity contribution in [3.8, 4) is 0 Å². The molecule has 0 bridgehead atoms. The van der Waals surface area contributed by atoms with E-state index in [1.54, 1.807) is 0 Å². The highest BCUT2D eigenvalue weighted by molar-refractivity contribution is 6.42. The van der Waals surface area contributed by atoms with Crippen molar-refractivity contribution in [2.24, 2.45) is 5.92 Å². The number of likely N-dealkylation sites (tertiary alicyclic amines) is 3. The molecule has 2 aromatic rings. The Morgan fingerprint density at radius 3 is 2.23 bits per heavy atom. The van der Waals surface area contributed by atoms with Gasteiger partial charge in [0.05, 0.1) is 10.0 Å². The highest BCUT2D eigenvalue weighted by Crippen LogP contribution is 2.41. The summed E-state index contributed by atoms with van der Waals surface area (Å²) in [7, 11) is 0. The minimum Gasteiger partial charge on any atom is -0.342 e. The van der Waals surface area contributed by atoms with Crippen LogP contribution < -0.4 is 0 Å². The minimum absolute atomic E-state index is 0. The first-order chi connectivity index (χ1) is 18.4. The number of nitrogens with zero attached hydrogens (tertiary/aromatic N) is 3. The lowest BCUT2D eigenvalue weighted by Gasteiger charge is -2.44. The summed E-state index contributed by atoms with van der Waals surface area (Å²) in [6.45, 7) is 6.34. The molecule has 1 atom stereocenters. The van der Waals surface area contributed by atoms with E-state index in [2.05, 4.69) is 15.9 Å². The van der Waals surface area contributed by atoms with Crippen LogP contribution in [-0.2, 0) is 10.2 Å². The third-order valence-electron chi connectivity index (χ3n) is 8.90. The van der Waals surface area contributed by atoms with E-state index in [4.69, 9.17) is 23.2 Å². The summed E-state index contributed by atoms with van der Waals surface area (Å²) in [5, 5.41) is 1.13. The van der Waals surface area contributed by atoms with Gasteiger partial charge in [-0.15, -0.1) is 12.4 Å². The monoisotopic (exact) mass is 591 g/mol.